The van der Waals surface area contributed by atoms with Crippen LogP contribution in [0, 0.1) is 5.92 Å². The third-order valence-corrected chi connectivity index (χ3v) is 5.13. The molecule has 1 aliphatic carbocycles. The number of likely N-dealkylation sites (tertiary alicyclic amines) is 1. The first-order valence-electron chi connectivity index (χ1n) is 8.66. The topological polar surface area (TPSA) is 92.5 Å². The smallest absolute Gasteiger partial charge is 0.326 e. The molecule has 24 heavy (non-hydrogen) atoms. The summed E-state index contributed by atoms with van der Waals surface area (Å²) in [6.07, 6.45) is 5.17. The summed E-state index contributed by atoms with van der Waals surface area (Å²) in [6.45, 7) is 2.37. The van der Waals surface area contributed by atoms with Crippen molar-refractivity contribution in [2.24, 2.45) is 5.92 Å². The monoisotopic (exact) mass is 333 g/mol. The average molecular weight is 333 g/mol. The predicted molar refractivity (Wildman–Crippen MR) is 86.7 cm³/mol. The highest BCUT2D eigenvalue weighted by Gasteiger charge is 2.48. The van der Waals surface area contributed by atoms with Gasteiger partial charge in [-0.3, -0.25) is 9.59 Å². The Morgan fingerprint density at radius 1 is 1.29 bits per heavy atom. The molecule has 1 aliphatic heterocycles. The minimum absolute atomic E-state index is 0.0271. The molecule has 1 saturated carbocycles. The summed E-state index contributed by atoms with van der Waals surface area (Å²) in [5.41, 5.74) is -0.0966. The molecule has 3 rings (SSSR count). The first-order valence-corrected chi connectivity index (χ1v) is 8.66. The van der Waals surface area contributed by atoms with Gasteiger partial charge in [0.2, 0.25) is 0 Å². The minimum Gasteiger partial charge on any atom is -0.480 e. The predicted octanol–water partition coefficient (Wildman–Crippen LogP) is 1.51. The number of amides is 1. The molecule has 1 saturated heterocycles. The molecule has 1 aromatic rings. The van der Waals surface area contributed by atoms with Crippen LogP contribution in [0.1, 0.15) is 55.9 Å². The Morgan fingerprint density at radius 3 is 2.75 bits per heavy atom. The van der Waals surface area contributed by atoms with E-state index < -0.39 is 12.0 Å². The number of rotatable bonds is 4. The van der Waals surface area contributed by atoms with Crippen molar-refractivity contribution in [3.05, 3.63) is 28.2 Å². The fourth-order valence-electron chi connectivity index (χ4n) is 4.04. The fraction of sp³-hybridized carbons (Fsp3) is 0.647. The second-order valence-electron chi connectivity index (χ2n) is 6.69. The number of hydrogen-bond donors (Lipinski definition) is 1. The van der Waals surface area contributed by atoms with E-state index >= 15 is 0 Å². The highest BCUT2D eigenvalue weighted by Crippen LogP contribution is 2.40. The zero-order valence-corrected chi connectivity index (χ0v) is 13.9. The molecule has 0 unspecified atom stereocenters. The van der Waals surface area contributed by atoms with Crippen LogP contribution in [0.3, 0.4) is 0 Å². The first kappa shape index (κ1) is 16.7. The van der Waals surface area contributed by atoms with E-state index in [9.17, 15) is 19.5 Å². The maximum absolute atomic E-state index is 13.0. The number of carboxylic acid groups (broad SMARTS) is 1. The van der Waals surface area contributed by atoms with Gasteiger partial charge in [-0.15, -0.1) is 0 Å². The number of aliphatic carboxylic acids is 1. The molecule has 0 bridgehead atoms. The number of carboxylic acids is 1. The van der Waals surface area contributed by atoms with Crippen LogP contribution in [0.2, 0.25) is 0 Å². The van der Waals surface area contributed by atoms with E-state index in [-0.39, 0.29) is 29.1 Å². The van der Waals surface area contributed by atoms with Crippen molar-refractivity contribution in [1.29, 1.82) is 0 Å². The van der Waals surface area contributed by atoms with Crippen LogP contribution in [0.15, 0.2) is 16.9 Å². The van der Waals surface area contributed by atoms with Gasteiger partial charge in [0.05, 0.1) is 0 Å². The Balaban J connectivity index is 1.93. The summed E-state index contributed by atoms with van der Waals surface area (Å²) in [6, 6.07) is 1.92. The summed E-state index contributed by atoms with van der Waals surface area (Å²) in [5.74, 6) is -1.08. The third kappa shape index (κ3) is 2.95. The Bertz CT molecular complexity index is 699. The van der Waals surface area contributed by atoms with Crippen molar-refractivity contribution in [2.75, 3.05) is 0 Å². The molecule has 2 fully saturated rings. The van der Waals surface area contributed by atoms with Gasteiger partial charge in [-0.25, -0.2) is 9.48 Å². The van der Waals surface area contributed by atoms with Gasteiger partial charge >= 0.3 is 5.97 Å². The molecular weight excluding hydrogens is 310 g/mol. The van der Waals surface area contributed by atoms with Crippen molar-refractivity contribution in [2.45, 2.75) is 64.1 Å². The Kier molecular flexibility index (Phi) is 4.69. The summed E-state index contributed by atoms with van der Waals surface area (Å²) in [7, 11) is 0. The highest BCUT2D eigenvalue weighted by atomic mass is 16.4. The quantitative estimate of drug-likeness (QED) is 0.901. The molecule has 3 atom stereocenters. The molecule has 0 aromatic carbocycles. The zero-order valence-electron chi connectivity index (χ0n) is 13.9. The van der Waals surface area contributed by atoms with Gasteiger partial charge in [0.15, 0.2) is 0 Å². The lowest BCUT2D eigenvalue weighted by atomic mass is 9.84. The largest absolute Gasteiger partial charge is 0.480 e. The number of aryl methyl sites for hydroxylation is 1. The summed E-state index contributed by atoms with van der Waals surface area (Å²) in [5, 5.41) is 13.7. The van der Waals surface area contributed by atoms with E-state index in [1.807, 2.05) is 6.92 Å². The fourth-order valence-corrected chi connectivity index (χ4v) is 4.04. The van der Waals surface area contributed by atoms with Crippen LogP contribution in [0.4, 0.5) is 0 Å². The molecule has 2 heterocycles. The second kappa shape index (κ2) is 6.75. The lowest BCUT2D eigenvalue weighted by molar-refractivity contribution is -0.141. The van der Waals surface area contributed by atoms with E-state index in [4.69, 9.17) is 0 Å². The summed E-state index contributed by atoms with van der Waals surface area (Å²) >= 11 is 0. The van der Waals surface area contributed by atoms with E-state index in [1.165, 1.54) is 21.7 Å². The number of aromatic nitrogens is 2. The van der Waals surface area contributed by atoms with Crippen molar-refractivity contribution >= 4 is 11.9 Å². The van der Waals surface area contributed by atoms with Crippen LogP contribution in [-0.2, 0) is 11.3 Å². The van der Waals surface area contributed by atoms with Crippen LogP contribution in [0.25, 0.3) is 0 Å². The summed E-state index contributed by atoms with van der Waals surface area (Å²) < 4.78 is 1.28. The Labute approximate surface area is 140 Å². The zero-order chi connectivity index (χ0) is 17.3. The van der Waals surface area contributed by atoms with Crippen molar-refractivity contribution in [3.8, 4) is 0 Å². The lowest BCUT2D eigenvalue weighted by Gasteiger charge is -2.32. The van der Waals surface area contributed by atoms with Crippen LogP contribution < -0.4 is 5.56 Å². The van der Waals surface area contributed by atoms with Crippen molar-refractivity contribution in [3.63, 3.8) is 0 Å². The van der Waals surface area contributed by atoms with Gasteiger partial charge in [0.25, 0.3) is 11.5 Å². The summed E-state index contributed by atoms with van der Waals surface area (Å²) in [4.78, 5) is 37.9. The second-order valence-corrected chi connectivity index (χ2v) is 6.69. The van der Waals surface area contributed by atoms with Crippen LogP contribution in [-0.4, -0.2) is 43.7 Å². The molecule has 2 aliphatic rings. The van der Waals surface area contributed by atoms with Crippen LogP contribution >= 0.6 is 0 Å². The lowest BCUT2D eigenvalue weighted by Crippen LogP contribution is -2.46. The Morgan fingerprint density at radius 2 is 2.04 bits per heavy atom. The number of hydrogen-bond acceptors (Lipinski definition) is 4. The van der Waals surface area contributed by atoms with Gasteiger partial charge in [0.1, 0.15) is 11.7 Å². The molecular formula is C17H23N3O4. The first-order chi connectivity index (χ1) is 11.5. The standard InChI is InChI=1S/C17H23N3O4/c1-2-9-19-15(21)8-7-12(18-19)16(22)20-13-6-4-3-5-11(13)10-14(20)17(23)24/h7-8,11,13-14H,2-6,9-10H2,1H3,(H,23,24)/t11-,13+,14-/m0/s1. The van der Waals surface area contributed by atoms with E-state index in [0.717, 1.165) is 32.1 Å². The van der Waals surface area contributed by atoms with Gasteiger partial charge in [-0.05, 0) is 37.7 Å². The van der Waals surface area contributed by atoms with Crippen molar-refractivity contribution < 1.29 is 14.7 Å². The molecule has 1 N–H and O–H groups in total. The maximum atomic E-state index is 13.0. The van der Waals surface area contributed by atoms with Crippen molar-refractivity contribution in [1.82, 2.24) is 14.7 Å². The maximum Gasteiger partial charge on any atom is 0.326 e. The molecule has 1 aromatic heterocycles. The van der Waals surface area contributed by atoms with Gasteiger partial charge in [-0.1, -0.05) is 19.8 Å². The van der Waals surface area contributed by atoms with E-state index in [0.29, 0.717) is 13.0 Å². The number of fused-ring (bicyclic) bond motifs is 1. The molecule has 0 radical (unpaired) electrons. The highest BCUT2D eigenvalue weighted by molar-refractivity contribution is 5.95. The molecule has 0 spiro atoms. The average Bonchev–Trinajstić information content (AvgIpc) is 2.96. The van der Waals surface area contributed by atoms with Gasteiger partial charge in [0, 0.05) is 18.7 Å². The normalized spacial score (nSPS) is 26.2. The molecule has 7 nitrogen and oxygen atoms in total. The number of nitrogens with zero attached hydrogens (tertiary/aromatic N) is 3. The molecule has 130 valence electrons. The SMILES string of the molecule is CCCn1nc(C(=O)N2[C@@H]3CCCC[C@H]3C[C@H]2C(=O)O)ccc1=O. The van der Waals surface area contributed by atoms with Crippen LogP contribution in [0.5, 0.6) is 0 Å². The Hall–Kier alpha value is -2.18. The molecule has 7 heteroatoms. The van der Waals surface area contributed by atoms with Gasteiger partial charge < -0.3 is 10.0 Å². The minimum atomic E-state index is -0.959. The number of carbonyl (C=O) groups is 2. The number of carbonyl (C=O) groups excluding carboxylic acids is 1. The van der Waals surface area contributed by atoms with E-state index in [2.05, 4.69) is 5.10 Å². The molecule has 1 amide bonds. The van der Waals surface area contributed by atoms with Gasteiger partial charge in [-0.2, -0.15) is 5.10 Å². The third-order valence-electron chi connectivity index (χ3n) is 5.13. The van der Waals surface area contributed by atoms with E-state index in [1.54, 1.807) is 0 Å².